The van der Waals surface area contributed by atoms with Crippen LogP contribution in [0, 0.1) is 10.4 Å². The number of nitrogens with two attached hydrogens (primary N) is 1. The molecule has 1 aromatic heterocycles. The topological polar surface area (TPSA) is 102 Å². The van der Waals surface area contributed by atoms with Gasteiger partial charge in [0.1, 0.15) is 11.5 Å². The van der Waals surface area contributed by atoms with Crippen LogP contribution < -0.4 is 11.0 Å². The molecule has 0 radical (unpaired) electrons. The third-order valence-corrected chi connectivity index (χ3v) is 2.77. The van der Waals surface area contributed by atoms with Crippen LogP contribution in [-0.2, 0) is 0 Å². The second kappa shape index (κ2) is 4.11. The van der Waals surface area contributed by atoms with E-state index in [0.717, 1.165) is 0 Å². The first kappa shape index (κ1) is 11.5. The molecule has 0 fully saturated rings. The summed E-state index contributed by atoms with van der Waals surface area (Å²) < 4.78 is 0.472. The number of nitrogens with zero attached hydrogens (tertiary/aromatic N) is 2. The van der Waals surface area contributed by atoms with E-state index in [2.05, 4.69) is 25.9 Å². The second-order valence-electron chi connectivity index (χ2n) is 3.02. The van der Waals surface area contributed by atoms with Gasteiger partial charge in [0.05, 0.1) is 9.99 Å². The van der Waals surface area contributed by atoms with E-state index in [1.165, 1.54) is 12.1 Å². The molecule has 0 amide bonds. The molecule has 3 N–H and O–H groups in total. The average molecular weight is 305 g/mol. The number of hydrogen-bond donors (Lipinski definition) is 2. The third kappa shape index (κ3) is 1.95. The fourth-order valence-electron chi connectivity index (χ4n) is 1.30. The summed E-state index contributed by atoms with van der Waals surface area (Å²) in [6, 6.07) is 2.72. The Morgan fingerprint density at radius 2 is 2.00 bits per heavy atom. The summed E-state index contributed by atoms with van der Waals surface area (Å²) in [6.07, 6.45) is 0. The standard InChI is InChI=1S/C8H5BrClN4O2/c9-5-2-3(14(15)16)1-4-6(5)12-8(10)13-7(4)11/h1-2,14H,(H2,11,12,13)/q-1. The molecule has 0 unspecified atom stereocenters. The van der Waals surface area contributed by atoms with Crippen LogP contribution in [0.3, 0.4) is 0 Å². The minimum absolute atomic E-state index is 0.00278. The van der Waals surface area contributed by atoms with Crippen LogP contribution in [0.25, 0.3) is 10.9 Å². The average Bonchev–Trinajstić information content (AvgIpc) is 2.19. The number of quaternary nitrogens is 1. The maximum absolute atomic E-state index is 10.7. The lowest BCUT2D eigenvalue weighted by Crippen LogP contribution is -2.96. The van der Waals surface area contributed by atoms with E-state index < -0.39 is 5.23 Å². The lowest BCUT2D eigenvalue weighted by atomic mass is 10.2. The van der Waals surface area contributed by atoms with Crippen LogP contribution in [0.15, 0.2) is 16.6 Å². The van der Waals surface area contributed by atoms with Crippen molar-refractivity contribution in [3.8, 4) is 0 Å². The van der Waals surface area contributed by atoms with E-state index in [1.807, 2.05) is 0 Å². The van der Waals surface area contributed by atoms with Gasteiger partial charge in [0.15, 0.2) is 0 Å². The van der Waals surface area contributed by atoms with Crippen LogP contribution in [0.2, 0.25) is 5.28 Å². The molecule has 2 aromatic rings. The summed E-state index contributed by atoms with van der Waals surface area (Å²) in [7, 11) is 0. The number of fused-ring (bicyclic) bond motifs is 1. The molecule has 0 saturated heterocycles. The van der Waals surface area contributed by atoms with Crippen molar-refractivity contribution in [3.63, 3.8) is 0 Å². The fourth-order valence-corrected chi connectivity index (χ4v) is 2.03. The molecule has 0 aliphatic rings. The number of aromatic nitrogens is 2. The summed E-state index contributed by atoms with van der Waals surface area (Å²) >= 11 is 8.84. The molecule has 0 bridgehead atoms. The van der Waals surface area contributed by atoms with Crippen LogP contribution in [-0.4, -0.2) is 9.97 Å². The van der Waals surface area contributed by atoms with Gasteiger partial charge >= 0.3 is 0 Å². The number of benzene rings is 1. The second-order valence-corrected chi connectivity index (χ2v) is 4.21. The lowest BCUT2D eigenvalue weighted by molar-refractivity contribution is -0.715. The number of halogens is 2. The molecule has 2 rings (SSSR count). The Morgan fingerprint density at radius 1 is 1.31 bits per heavy atom. The van der Waals surface area contributed by atoms with Gasteiger partial charge < -0.3 is 21.4 Å². The number of anilines is 1. The predicted octanol–water partition coefficient (Wildman–Crippen LogP) is 1.14. The first-order chi connectivity index (χ1) is 7.49. The molecule has 16 heavy (non-hydrogen) atoms. The Morgan fingerprint density at radius 3 is 2.62 bits per heavy atom. The molecule has 1 heterocycles. The van der Waals surface area contributed by atoms with Crippen LogP contribution in [0.1, 0.15) is 0 Å². The molecule has 0 spiro atoms. The van der Waals surface area contributed by atoms with Gasteiger partial charge in [-0.3, -0.25) is 0 Å². The Balaban J connectivity index is 2.82. The van der Waals surface area contributed by atoms with Gasteiger partial charge in [-0.15, -0.1) is 0 Å². The number of hydrogen-bond acceptors (Lipinski definition) is 5. The van der Waals surface area contributed by atoms with Crippen molar-refractivity contribution in [2.45, 2.75) is 0 Å². The molecule has 1 aromatic carbocycles. The van der Waals surface area contributed by atoms with Gasteiger partial charge in [0.25, 0.3) is 0 Å². The summed E-state index contributed by atoms with van der Waals surface area (Å²) in [4.78, 5) is 7.69. The lowest BCUT2D eigenvalue weighted by Gasteiger charge is -2.25. The molecule has 8 heteroatoms. The number of nitrogen functional groups attached to an aromatic ring is 1. The van der Waals surface area contributed by atoms with Gasteiger partial charge in [-0.25, -0.2) is 9.97 Å². The van der Waals surface area contributed by atoms with Crippen molar-refractivity contribution >= 4 is 49.9 Å². The normalized spacial score (nSPS) is 11.3. The summed E-state index contributed by atoms with van der Waals surface area (Å²) in [5.74, 6) is 0.124. The van der Waals surface area contributed by atoms with Crippen molar-refractivity contribution in [1.29, 1.82) is 0 Å². The SMILES string of the molecule is Nc1nc(Cl)nc2c(Br)cc([NH+]([O-])[O-])cc12. The number of rotatable bonds is 1. The van der Waals surface area contributed by atoms with Crippen molar-refractivity contribution in [3.05, 3.63) is 32.3 Å². The highest BCUT2D eigenvalue weighted by molar-refractivity contribution is 9.10. The Labute approximate surface area is 103 Å². The largest absolute Gasteiger partial charge is 0.628 e. The zero-order valence-corrected chi connectivity index (χ0v) is 10.0. The van der Waals surface area contributed by atoms with Crippen molar-refractivity contribution in [2.75, 3.05) is 5.73 Å². The van der Waals surface area contributed by atoms with Gasteiger partial charge in [-0.1, -0.05) is 0 Å². The molecule has 0 aliphatic heterocycles. The maximum Gasteiger partial charge on any atom is 0.224 e. The Bertz CT molecular complexity index is 563. The predicted molar refractivity (Wildman–Crippen MR) is 64.0 cm³/mol. The number of nitrogens with one attached hydrogen (secondary N) is 1. The quantitative estimate of drug-likeness (QED) is 0.607. The van der Waals surface area contributed by atoms with Crippen LogP contribution >= 0.6 is 27.5 Å². The smallest absolute Gasteiger partial charge is 0.224 e. The van der Waals surface area contributed by atoms with Crippen LogP contribution in [0.4, 0.5) is 11.5 Å². The molecule has 6 nitrogen and oxygen atoms in total. The van der Waals surface area contributed by atoms with Crippen LogP contribution in [0.5, 0.6) is 0 Å². The third-order valence-electron chi connectivity index (χ3n) is 1.99. The molecule has 0 atom stereocenters. The van der Waals surface area contributed by atoms with Gasteiger partial charge in [0.2, 0.25) is 5.28 Å². The Hall–Kier alpha value is -0.990. The zero-order chi connectivity index (χ0) is 11.9. The van der Waals surface area contributed by atoms with Gasteiger partial charge in [-0.05, 0) is 27.5 Å². The maximum atomic E-state index is 10.7. The fraction of sp³-hybridized carbons (Fsp3) is 0. The first-order valence-corrected chi connectivity index (χ1v) is 5.29. The highest BCUT2D eigenvalue weighted by atomic mass is 79.9. The summed E-state index contributed by atoms with van der Waals surface area (Å²) in [5, 5.41) is 20.6. The van der Waals surface area contributed by atoms with E-state index in [4.69, 9.17) is 17.3 Å². The zero-order valence-electron chi connectivity index (χ0n) is 7.70. The molecular formula is C8H5BrClN4O2-. The Kier molecular flexibility index (Phi) is 2.96. The molecule has 84 valence electrons. The van der Waals surface area contributed by atoms with Crippen molar-refractivity contribution in [2.24, 2.45) is 0 Å². The van der Waals surface area contributed by atoms with E-state index in [9.17, 15) is 10.4 Å². The first-order valence-electron chi connectivity index (χ1n) is 4.12. The van der Waals surface area contributed by atoms with Gasteiger partial charge in [-0.2, -0.15) is 0 Å². The van der Waals surface area contributed by atoms with Gasteiger partial charge in [0, 0.05) is 17.5 Å². The van der Waals surface area contributed by atoms with E-state index >= 15 is 0 Å². The van der Waals surface area contributed by atoms with E-state index in [-0.39, 0.29) is 16.8 Å². The van der Waals surface area contributed by atoms with E-state index in [0.29, 0.717) is 15.4 Å². The summed E-state index contributed by atoms with van der Waals surface area (Å²) in [5.41, 5.74) is 6.08. The molecule has 0 saturated carbocycles. The van der Waals surface area contributed by atoms with Crippen molar-refractivity contribution in [1.82, 2.24) is 9.97 Å². The highest BCUT2D eigenvalue weighted by Crippen LogP contribution is 2.29. The minimum Gasteiger partial charge on any atom is -0.628 e. The monoisotopic (exact) mass is 303 g/mol. The summed E-state index contributed by atoms with van der Waals surface area (Å²) in [6.45, 7) is 0. The molecule has 0 aliphatic carbocycles. The van der Waals surface area contributed by atoms with Crippen molar-refractivity contribution < 1.29 is 5.23 Å². The van der Waals surface area contributed by atoms with E-state index in [1.54, 1.807) is 0 Å². The minimum atomic E-state index is -1.29. The molecular weight excluding hydrogens is 299 g/mol. The highest BCUT2D eigenvalue weighted by Gasteiger charge is 2.10.